The number of carboxylic acids is 1. The van der Waals surface area contributed by atoms with Crippen molar-refractivity contribution in [1.29, 1.82) is 0 Å². The van der Waals surface area contributed by atoms with E-state index >= 15 is 0 Å². The van der Waals surface area contributed by atoms with E-state index in [4.69, 9.17) is 28.3 Å². The average molecular weight is 421 g/mol. The molecule has 1 aliphatic heterocycles. The maximum absolute atomic E-state index is 12.5. The van der Waals surface area contributed by atoms with Crippen molar-refractivity contribution in [2.45, 2.75) is 31.8 Å². The van der Waals surface area contributed by atoms with E-state index in [0.29, 0.717) is 23.1 Å². The summed E-state index contributed by atoms with van der Waals surface area (Å²) in [5.41, 5.74) is 2.03. The molecule has 0 aromatic heterocycles. The smallest absolute Gasteiger partial charge is 0.312 e. The summed E-state index contributed by atoms with van der Waals surface area (Å²) in [6, 6.07) is 15.1. The van der Waals surface area contributed by atoms with E-state index in [2.05, 4.69) is 11.8 Å². The van der Waals surface area contributed by atoms with Crippen molar-refractivity contribution < 1.29 is 14.7 Å². The topological polar surface area (TPSA) is 60.9 Å². The molecular weight excluding hydrogens is 399 g/mol. The van der Waals surface area contributed by atoms with Crippen LogP contribution in [-0.2, 0) is 9.59 Å². The van der Waals surface area contributed by atoms with Gasteiger partial charge in [0.2, 0.25) is 5.91 Å². The highest BCUT2D eigenvalue weighted by molar-refractivity contribution is 6.30. The summed E-state index contributed by atoms with van der Waals surface area (Å²) in [5.74, 6) is -1.47. The molecule has 2 atom stereocenters. The first-order chi connectivity index (χ1) is 13.4. The fourth-order valence-corrected chi connectivity index (χ4v) is 3.95. The van der Waals surface area contributed by atoms with Crippen molar-refractivity contribution in [3.05, 3.63) is 64.1 Å². The lowest BCUT2D eigenvalue weighted by Crippen LogP contribution is -2.56. The highest BCUT2D eigenvalue weighted by Crippen LogP contribution is 2.36. The maximum Gasteiger partial charge on any atom is 0.312 e. The van der Waals surface area contributed by atoms with Crippen LogP contribution in [0, 0.1) is 0 Å². The summed E-state index contributed by atoms with van der Waals surface area (Å²) >= 11 is 12.1. The van der Waals surface area contributed by atoms with E-state index in [0.717, 1.165) is 17.7 Å². The van der Waals surface area contributed by atoms with Gasteiger partial charge in [0.15, 0.2) is 0 Å². The maximum atomic E-state index is 12.5. The van der Waals surface area contributed by atoms with Crippen LogP contribution in [0.25, 0.3) is 0 Å². The zero-order chi connectivity index (χ0) is 20.3. The fraction of sp³-hybridized carbons (Fsp3) is 0.333. The van der Waals surface area contributed by atoms with Crippen molar-refractivity contribution in [3.8, 4) is 0 Å². The van der Waals surface area contributed by atoms with Gasteiger partial charge in [-0.05, 0) is 48.4 Å². The molecule has 1 heterocycles. The van der Waals surface area contributed by atoms with Crippen LogP contribution in [0.2, 0.25) is 10.0 Å². The summed E-state index contributed by atoms with van der Waals surface area (Å²) in [6.45, 7) is 2.96. The monoisotopic (exact) mass is 420 g/mol. The quantitative estimate of drug-likeness (QED) is 0.715. The molecule has 148 valence electrons. The molecule has 2 aromatic carbocycles. The number of carbonyl (C=O) groups excluding carboxylic acids is 1. The van der Waals surface area contributed by atoms with Crippen LogP contribution < -0.4 is 4.90 Å². The number of halogens is 2. The molecule has 1 fully saturated rings. The molecule has 1 aliphatic rings. The minimum absolute atomic E-state index is 0.0494. The first-order valence-electron chi connectivity index (χ1n) is 9.18. The second kappa shape index (κ2) is 8.84. The molecule has 0 spiro atoms. The van der Waals surface area contributed by atoms with Gasteiger partial charge in [-0.25, -0.2) is 0 Å². The second-order valence-corrected chi connectivity index (χ2v) is 7.76. The van der Waals surface area contributed by atoms with Crippen LogP contribution in [-0.4, -0.2) is 41.0 Å². The molecule has 7 heteroatoms. The van der Waals surface area contributed by atoms with Gasteiger partial charge in [0.05, 0.1) is 6.04 Å². The van der Waals surface area contributed by atoms with Crippen LogP contribution in [0.1, 0.15) is 31.4 Å². The zero-order valence-electron chi connectivity index (χ0n) is 15.5. The molecule has 2 aromatic rings. The Hall–Kier alpha value is -2.24. The van der Waals surface area contributed by atoms with Crippen LogP contribution >= 0.6 is 23.2 Å². The average Bonchev–Trinajstić information content (AvgIpc) is 2.68. The molecule has 1 saturated heterocycles. The number of carboxylic acid groups (broad SMARTS) is 1. The number of anilines is 1. The summed E-state index contributed by atoms with van der Waals surface area (Å²) < 4.78 is 0. The van der Waals surface area contributed by atoms with Gasteiger partial charge in [-0.15, -0.1) is 0 Å². The summed E-state index contributed by atoms with van der Waals surface area (Å²) in [4.78, 5) is 27.5. The van der Waals surface area contributed by atoms with Crippen LogP contribution in [0.15, 0.2) is 48.5 Å². The largest absolute Gasteiger partial charge is 0.481 e. The Kier molecular flexibility index (Phi) is 6.47. The molecule has 5 nitrogen and oxygen atoms in total. The third-order valence-corrected chi connectivity index (χ3v) is 5.56. The van der Waals surface area contributed by atoms with Gasteiger partial charge < -0.3 is 14.9 Å². The van der Waals surface area contributed by atoms with Gasteiger partial charge in [0, 0.05) is 34.9 Å². The van der Waals surface area contributed by atoms with E-state index in [-0.39, 0.29) is 18.0 Å². The minimum Gasteiger partial charge on any atom is -0.481 e. The van der Waals surface area contributed by atoms with Crippen LogP contribution in [0.3, 0.4) is 0 Å². The van der Waals surface area contributed by atoms with Gasteiger partial charge in [-0.1, -0.05) is 42.3 Å². The van der Waals surface area contributed by atoms with E-state index in [1.807, 2.05) is 48.5 Å². The van der Waals surface area contributed by atoms with Crippen molar-refractivity contribution in [3.63, 3.8) is 0 Å². The Morgan fingerprint density at radius 2 is 1.57 bits per heavy atom. The van der Waals surface area contributed by atoms with Crippen molar-refractivity contribution in [1.82, 2.24) is 4.90 Å². The number of rotatable bonds is 5. The lowest BCUT2D eigenvalue weighted by atomic mass is 9.96. The molecule has 0 radical (unpaired) electrons. The first kappa shape index (κ1) is 20.5. The van der Waals surface area contributed by atoms with Crippen molar-refractivity contribution in [2.75, 3.05) is 18.0 Å². The number of hydrogen-bond donors (Lipinski definition) is 1. The number of piperazine rings is 1. The van der Waals surface area contributed by atoms with Crippen LogP contribution in [0.4, 0.5) is 5.69 Å². The number of amides is 1. The number of benzene rings is 2. The van der Waals surface area contributed by atoms with Gasteiger partial charge in [0.1, 0.15) is 6.42 Å². The molecule has 28 heavy (non-hydrogen) atoms. The molecule has 3 rings (SSSR count). The highest BCUT2D eigenvalue weighted by atomic mass is 35.5. The fourth-order valence-electron chi connectivity index (χ4n) is 3.69. The van der Waals surface area contributed by atoms with E-state index in [9.17, 15) is 9.59 Å². The van der Waals surface area contributed by atoms with E-state index in [1.54, 1.807) is 4.90 Å². The van der Waals surface area contributed by atoms with E-state index in [1.165, 1.54) is 0 Å². The molecule has 1 unspecified atom stereocenters. The normalized spacial score (nSPS) is 19.5. The van der Waals surface area contributed by atoms with E-state index < -0.39 is 12.4 Å². The Morgan fingerprint density at radius 1 is 1.00 bits per heavy atom. The molecule has 1 N–H and O–H groups in total. The van der Waals surface area contributed by atoms with Crippen LogP contribution in [0.5, 0.6) is 0 Å². The summed E-state index contributed by atoms with van der Waals surface area (Å²) in [6.07, 6.45) is 0.314. The first-order valence-corrected chi connectivity index (χ1v) is 9.93. The Labute approximate surface area is 174 Å². The number of carbonyl (C=O) groups is 2. The molecule has 1 amide bonds. The third kappa shape index (κ3) is 4.59. The zero-order valence-corrected chi connectivity index (χ0v) is 17.0. The van der Waals surface area contributed by atoms with Gasteiger partial charge in [0.25, 0.3) is 0 Å². The van der Waals surface area contributed by atoms with Gasteiger partial charge >= 0.3 is 5.97 Å². The summed E-state index contributed by atoms with van der Waals surface area (Å²) in [5, 5.41) is 10.3. The van der Waals surface area contributed by atoms with Crippen molar-refractivity contribution in [2.24, 2.45) is 0 Å². The third-order valence-electron chi connectivity index (χ3n) is 5.06. The lowest BCUT2D eigenvalue weighted by molar-refractivity contribution is -0.144. The van der Waals surface area contributed by atoms with Crippen molar-refractivity contribution >= 4 is 40.8 Å². The van der Waals surface area contributed by atoms with Gasteiger partial charge in [-0.3, -0.25) is 9.59 Å². The molecule has 0 saturated carbocycles. The molecular formula is C21H22Cl2N2O3. The predicted octanol–water partition coefficient (Wildman–Crippen LogP) is 4.64. The standard InChI is InChI=1S/C21H22Cl2N2O3/c1-2-17-12-24(20(26)11-21(27)28)13-19(14-3-5-15(22)6-4-14)25(17)18-9-7-16(23)8-10-18/h3-10,17,19H,2,11-13H2,1H3,(H,27,28)/t17-,19?/m0/s1. The number of aliphatic carboxylic acids is 1. The SMILES string of the molecule is CC[C@H]1CN(C(=O)CC(=O)O)CC(c2ccc(Cl)cc2)N1c1ccc(Cl)cc1. The predicted molar refractivity (Wildman–Crippen MR) is 111 cm³/mol. The minimum atomic E-state index is -1.11. The Morgan fingerprint density at radius 3 is 2.11 bits per heavy atom. The van der Waals surface area contributed by atoms with Gasteiger partial charge in [-0.2, -0.15) is 0 Å². The molecule has 0 bridgehead atoms. The number of hydrogen-bond acceptors (Lipinski definition) is 3. The lowest BCUT2D eigenvalue weighted by Gasteiger charge is -2.48. The second-order valence-electron chi connectivity index (χ2n) is 6.88. The Bertz CT molecular complexity index is 840. The summed E-state index contributed by atoms with van der Waals surface area (Å²) in [7, 11) is 0. The highest BCUT2D eigenvalue weighted by Gasteiger charge is 2.36. The Balaban J connectivity index is 1.99. The molecule has 0 aliphatic carbocycles. The number of nitrogens with zero attached hydrogens (tertiary/aromatic N) is 2.